The Labute approximate surface area is 126 Å². The van der Waals surface area contributed by atoms with Crippen LogP contribution in [0.2, 0.25) is 0 Å². The average Bonchev–Trinajstić information content (AvgIpc) is 2.63. The van der Waals surface area contributed by atoms with Gasteiger partial charge in [0, 0.05) is 36.2 Å². The molecule has 2 rings (SSSR count). The molecule has 1 heterocycles. The smallest absolute Gasteiger partial charge is 0.254 e. The first-order chi connectivity index (χ1) is 9.60. The summed E-state index contributed by atoms with van der Waals surface area (Å²) in [4.78, 5) is 16.3. The van der Waals surface area contributed by atoms with E-state index in [9.17, 15) is 9.18 Å². The Bertz CT molecular complexity index is 464. The molecule has 6 heteroatoms. The molecule has 0 unspecified atom stereocenters. The normalized spacial score (nSPS) is 17.1. The number of amides is 1. The van der Waals surface area contributed by atoms with Gasteiger partial charge in [-0.1, -0.05) is 15.9 Å². The first-order valence-corrected chi connectivity index (χ1v) is 7.48. The topological polar surface area (TPSA) is 43.8 Å². The molecule has 1 aliphatic heterocycles. The quantitative estimate of drug-likeness (QED) is 0.908. The highest BCUT2D eigenvalue weighted by Gasteiger charge is 2.20. The lowest BCUT2D eigenvalue weighted by atomic mass is 10.2. The summed E-state index contributed by atoms with van der Waals surface area (Å²) in [7, 11) is 0. The third kappa shape index (κ3) is 4.01. The standard InChI is InChI=1S/C14H18BrFN2O2/c15-12-8-11(9-13(16)10-12)14(20)18-3-1-2-17(4-5-18)6-7-19/h8-10,19H,1-7H2. The summed E-state index contributed by atoms with van der Waals surface area (Å²) in [5, 5.41) is 8.96. The fourth-order valence-electron chi connectivity index (χ4n) is 2.40. The number of β-amino-alcohol motifs (C(OH)–C–C–N with tert-alkyl or cyclic N) is 1. The number of benzene rings is 1. The molecular formula is C14H18BrFN2O2. The number of hydrogen-bond acceptors (Lipinski definition) is 3. The van der Waals surface area contributed by atoms with Gasteiger partial charge in [-0.25, -0.2) is 4.39 Å². The highest BCUT2D eigenvalue weighted by Crippen LogP contribution is 2.17. The molecule has 0 atom stereocenters. The first kappa shape index (κ1) is 15.4. The van der Waals surface area contributed by atoms with Crippen molar-refractivity contribution >= 4 is 21.8 Å². The average molecular weight is 345 g/mol. The second-order valence-corrected chi connectivity index (χ2v) is 5.78. The molecule has 1 amide bonds. The van der Waals surface area contributed by atoms with Crippen LogP contribution in [0.15, 0.2) is 22.7 Å². The van der Waals surface area contributed by atoms with E-state index in [2.05, 4.69) is 20.8 Å². The van der Waals surface area contributed by atoms with Crippen LogP contribution < -0.4 is 0 Å². The van der Waals surface area contributed by atoms with E-state index in [1.165, 1.54) is 12.1 Å². The van der Waals surface area contributed by atoms with E-state index in [1.54, 1.807) is 11.0 Å². The van der Waals surface area contributed by atoms with Crippen LogP contribution in [-0.2, 0) is 0 Å². The molecule has 0 radical (unpaired) electrons. The second kappa shape index (κ2) is 7.15. The molecule has 1 fully saturated rings. The van der Waals surface area contributed by atoms with Gasteiger partial charge >= 0.3 is 0 Å². The minimum absolute atomic E-state index is 0.130. The van der Waals surface area contributed by atoms with Gasteiger partial charge in [-0.05, 0) is 31.2 Å². The zero-order chi connectivity index (χ0) is 14.5. The summed E-state index contributed by atoms with van der Waals surface area (Å²) in [6.07, 6.45) is 0.863. The van der Waals surface area contributed by atoms with Gasteiger partial charge < -0.3 is 10.0 Å². The largest absolute Gasteiger partial charge is 0.395 e. The van der Waals surface area contributed by atoms with Crippen LogP contribution in [0.1, 0.15) is 16.8 Å². The molecule has 0 spiro atoms. The number of aliphatic hydroxyl groups excluding tert-OH is 1. The Balaban J connectivity index is 2.05. The number of hydrogen-bond donors (Lipinski definition) is 1. The zero-order valence-electron chi connectivity index (χ0n) is 11.2. The summed E-state index contributed by atoms with van der Waals surface area (Å²) >= 11 is 3.20. The molecule has 110 valence electrons. The molecule has 0 saturated carbocycles. The van der Waals surface area contributed by atoms with E-state index in [1.807, 2.05) is 0 Å². The number of halogens is 2. The Morgan fingerprint density at radius 3 is 2.75 bits per heavy atom. The maximum absolute atomic E-state index is 13.4. The van der Waals surface area contributed by atoms with Gasteiger partial charge in [0.05, 0.1) is 6.61 Å². The van der Waals surface area contributed by atoms with Crippen LogP contribution in [0, 0.1) is 5.82 Å². The van der Waals surface area contributed by atoms with Crippen molar-refractivity contribution in [3.63, 3.8) is 0 Å². The Morgan fingerprint density at radius 2 is 2.05 bits per heavy atom. The second-order valence-electron chi connectivity index (χ2n) is 4.87. The maximum atomic E-state index is 13.4. The van der Waals surface area contributed by atoms with Gasteiger partial charge in [0.15, 0.2) is 0 Å². The summed E-state index contributed by atoms with van der Waals surface area (Å²) in [6, 6.07) is 4.24. The molecule has 1 aliphatic rings. The number of rotatable bonds is 3. The van der Waals surface area contributed by atoms with Gasteiger partial charge in [-0.2, -0.15) is 0 Å². The first-order valence-electron chi connectivity index (χ1n) is 6.69. The minimum atomic E-state index is -0.417. The van der Waals surface area contributed by atoms with Crippen LogP contribution in [0.3, 0.4) is 0 Å². The highest BCUT2D eigenvalue weighted by atomic mass is 79.9. The van der Waals surface area contributed by atoms with Crippen molar-refractivity contribution in [2.24, 2.45) is 0 Å². The maximum Gasteiger partial charge on any atom is 0.254 e. The van der Waals surface area contributed by atoms with Gasteiger partial charge in [0.25, 0.3) is 5.91 Å². The molecule has 4 nitrogen and oxygen atoms in total. The molecule has 0 aromatic heterocycles. The molecular weight excluding hydrogens is 327 g/mol. The number of nitrogens with zero attached hydrogens (tertiary/aromatic N) is 2. The van der Waals surface area contributed by atoms with Crippen LogP contribution in [0.25, 0.3) is 0 Å². The lowest BCUT2D eigenvalue weighted by Crippen LogP contribution is -2.36. The minimum Gasteiger partial charge on any atom is -0.395 e. The molecule has 0 aliphatic carbocycles. The Kier molecular flexibility index (Phi) is 5.51. The van der Waals surface area contributed by atoms with E-state index in [0.29, 0.717) is 29.7 Å². The highest BCUT2D eigenvalue weighted by molar-refractivity contribution is 9.10. The number of carbonyl (C=O) groups excluding carboxylic acids is 1. The van der Waals surface area contributed by atoms with E-state index >= 15 is 0 Å². The summed E-state index contributed by atoms with van der Waals surface area (Å²) < 4.78 is 13.9. The van der Waals surface area contributed by atoms with Crippen LogP contribution >= 0.6 is 15.9 Å². The van der Waals surface area contributed by atoms with Crippen LogP contribution in [0.5, 0.6) is 0 Å². The van der Waals surface area contributed by atoms with Crippen molar-refractivity contribution in [3.05, 3.63) is 34.1 Å². The van der Waals surface area contributed by atoms with Gasteiger partial charge in [-0.15, -0.1) is 0 Å². The summed E-state index contributed by atoms with van der Waals surface area (Å²) in [5.41, 5.74) is 0.368. The zero-order valence-corrected chi connectivity index (χ0v) is 12.8. The van der Waals surface area contributed by atoms with Gasteiger partial charge in [-0.3, -0.25) is 9.69 Å². The van der Waals surface area contributed by atoms with E-state index in [-0.39, 0.29) is 12.5 Å². The predicted octanol–water partition coefficient (Wildman–Crippen LogP) is 1.73. The fraction of sp³-hybridized carbons (Fsp3) is 0.500. The van der Waals surface area contributed by atoms with Crippen molar-refractivity contribution in [1.29, 1.82) is 0 Å². The van der Waals surface area contributed by atoms with Crippen molar-refractivity contribution < 1.29 is 14.3 Å². The summed E-state index contributed by atoms with van der Waals surface area (Å²) in [5.74, 6) is -0.560. The van der Waals surface area contributed by atoms with Crippen LogP contribution in [-0.4, -0.2) is 60.1 Å². The lowest BCUT2D eigenvalue weighted by molar-refractivity contribution is 0.0760. The third-order valence-corrected chi connectivity index (χ3v) is 3.86. The van der Waals surface area contributed by atoms with Gasteiger partial charge in [0.1, 0.15) is 5.82 Å². The van der Waals surface area contributed by atoms with Crippen molar-refractivity contribution in [1.82, 2.24) is 9.80 Å². The van der Waals surface area contributed by atoms with Crippen molar-refractivity contribution in [2.45, 2.75) is 6.42 Å². The SMILES string of the molecule is O=C(c1cc(F)cc(Br)c1)N1CCCN(CCO)CC1. The number of aliphatic hydroxyl groups is 1. The monoisotopic (exact) mass is 344 g/mol. The van der Waals surface area contributed by atoms with Crippen LogP contribution in [0.4, 0.5) is 4.39 Å². The molecule has 1 saturated heterocycles. The van der Waals surface area contributed by atoms with E-state index in [0.717, 1.165) is 19.5 Å². The van der Waals surface area contributed by atoms with E-state index < -0.39 is 5.82 Å². The predicted molar refractivity (Wildman–Crippen MR) is 78.1 cm³/mol. The Hall–Kier alpha value is -0.980. The van der Waals surface area contributed by atoms with Gasteiger partial charge in [0.2, 0.25) is 0 Å². The van der Waals surface area contributed by atoms with Crippen molar-refractivity contribution in [3.8, 4) is 0 Å². The molecule has 0 bridgehead atoms. The summed E-state index contributed by atoms with van der Waals surface area (Å²) in [6.45, 7) is 3.64. The Morgan fingerprint density at radius 1 is 1.25 bits per heavy atom. The molecule has 20 heavy (non-hydrogen) atoms. The fourth-order valence-corrected chi connectivity index (χ4v) is 2.86. The lowest BCUT2D eigenvalue weighted by Gasteiger charge is -2.21. The third-order valence-electron chi connectivity index (χ3n) is 3.40. The van der Waals surface area contributed by atoms with Crippen molar-refractivity contribution in [2.75, 3.05) is 39.3 Å². The molecule has 1 aromatic rings. The number of carbonyl (C=O) groups is 1. The molecule has 1 N–H and O–H groups in total. The van der Waals surface area contributed by atoms with E-state index in [4.69, 9.17) is 5.11 Å². The molecule has 1 aromatic carbocycles.